The van der Waals surface area contributed by atoms with E-state index in [1.165, 1.54) is 5.56 Å². The zero-order chi connectivity index (χ0) is 16.9. The highest BCUT2D eigenvalue weighted by molar-refractivity contribution is 8.00. The summed E-state index contributed by atoms with van der Waals surface area (Å²) in [5, 5.41) is 3.10. The number of amides is 2. The number of piperidine rings is 1. The lowest BCUT2D eigenvalue weighted by molar-refractivity contribution is -0.139. The first-order chi connectivity index (χ1) is 11.6. The van der Waals surface area contributed by atoms with E-state index in [0.717, 1.165) is 37.4 Å². The summed E-state index contributed by atoms with van der Waals surface area (Å²) in [7, 11) is 0. The summed E-state index contributed by atoms with van der Waals surface area (Å²) in [5.41, 5.74) is 1.23. The van der Waals surface area contributed by atoms with Gasteiger partial charge >= 0.3 is 0 Å². The Kier molecular flexibility index (Phi) is 5.79. The third kappa shape index (κ3) is 4.30. The van der Waals surface area contributed by atoms with Gasteiger partial charge < -0.3 is 15.1 Å². The van der Waals surface area contributed by atoms with Gasteiger partial charge in [0, 0.05) is 37.1 Å². The van der Waals surface area contributed by atoms with Crippen LogP contribution in [0.5, 0.6) is 0 Å². The first-order valence-corrected chi connectivity index (χ1v) is 9.59. The summed E-state index contributed by atoms with van der Waals surface area (Å²) < 4.78 is 0. The lowest BCUT2D eigenvalue weighted by Crippen LogP contribution is -2.57. The Labute approximate surface area is 147 Å². The van der Waals surface area contributed by atoms with E-state index >= 15 is 0 Å². The number of piperazine rings is 1. The molecule has 2 amide bonds. The number of thioether (sulfide) groups is 1. The molecule has 0 saturated carbocycles. The normalized spacial score (nSPS) is 21.9. The van der Waals surface area contributed by atoms with Crippen LogP contribution in [0.15, 0.2) is 29.2 Å². The van der Waals surface area contributed by atoms with Crippen LogP contribution in [0.2, 0.25) is 0 Å². The van der Waals surface area contributed by atoms with Gasteiger partial charge in [-0.1, -0.05) is 17.7 Å². The minimum Gasteiger partial charge on any atom is -0.340 e. The maximum atomic E-state index is 12.5. The molecule has 24 heavy (non-hydrogen) atoms. The summed E-state index contributed by atoms with van der Waals surface area (Å²) in [6.07, 6.45) is 1.98. The number of nitrogens with zero attached hydrogens (tertiary/aromatic N) is 2. The second-order valence-electron chi connectivity index (χ2n) is 6.50. The zero-order valence-corrected chi connectivity index (χ0v) is 15.0. The van der Waals surface area contributed by atoms with Gasteiger partial charge in [-0.05, 0) is 31.9 Å². The number of likely N-dealkylation sites (tertiary alicyclic amines) is 1. The molecule has 2 aliphatic heterocycles. The second-order valence-corrected chi connectivity index (χ2v) is 7.55. The van der Waals surface area contributed by atoms with E-state index in [0.29, 0.717) is 18.8 Å². The molecule has 0 aliphatic carbocycles. The molecule has 3 rings (SSSR count). The number of hydrogen-bond donors (Lipinski definition) is 1. The number of carbonyl (C=O) groups excluding carboxylic acids is 2. The van der Waals surface area contributed by atoms with Crippen LogP contribution in [0.4, 0.5) is 0 Å². The molecule has 1 aromatic rings. The van der Waals surface area contributed by atoms with Gasteiger partial charge in [-0.2, -0.15) is 0 Å². The van der Waals surface area contributed by atoms with Gasteiger partial charge in [0.15, 0.2) is 0 Å². The van der Waals surface area contributed by atoms with Crippen molar-refractivity contribution < 1.29 is 9.59 Å². The summed E-state index contributed by atoms with van der Waals surface area (Å²) in [6, 6.07) is 8.44. The Morgan fingerprint density at radius 3 is 2.83 bits per heavy atom. The smallest absolute Gasteiger partial charge is 0.236 e. The highest BCUT2D eigenvalue weighted by Crippen LogP contribution is 2.21. The van der Waals surface area contributed by atoms with Gasteiger partial charge in [-0.3, -0.25) is 9.59 Å². The van der Waals surface area contributed by atoms with Crippen LogP contribution >= 0.6 is 11.8 Å². The van der Waals surface area contributed by atoms with Crippen molar-refractivity contribution in [2.45, 2.75) is 30.7 Å². The first kappa shape index (κ1) is 17.3. The lowest BCUT2D eigenvalue weighted by Gasteiger charge is -2.41. The summed E-state index contributed by atoms with van der Waals surface area (Å²) in [6.45, 7) is 5.57. The number of aryl methyl sites for hydroxylation is 1. The maximum Gasteiger partial charge on any atom is 0.236 e. The molecule has 2 fully saturated rings. The van der Waals surface area contributed by atoms with Gasteiger partial charge in [-0.15, -0.1) is 11.8 Å². The molecule has 0 spiro atoms. The molecule has 2 heterocycles. The molecule has 2 aliphatic rings. The van der Waals surface area contributed by atoms with Crippen molar-refractivity contribution in [1.82, 2.24) is 15.1 Å². The van der Waals surface area contributed by atoms with Gasteiger partial charge in [0.05, 0.1) is 12.3 Å². The van der Waals surface area contributed by atoms with Gasteiger partial charge in [0.25, 0.3) is 0 Å². The predicted octanol–water partition coefficient (Wildman–Crippen LogP) is 1.51. The van der Waals surface area contributed by atoms with Crippen LogP contribution in [-0.2, 0) is 9.59 Å². The Morgan fingerprint density at radius 2 is 2.08 bits per heavy atom. The topological polar surface area (TPSA) is 52.7 Å². The van der Waals surface area contributed by atoms with E-state index in [2.05, 4.69) is 36.5 Å². The van der Waals surface area contributed by atoms with Crippen LogP contribution < -0.4 is 5.32 Å². The largest absolute Gasteiger partial charge is 0.340 e. The number of rotatable bonds is 4. The molecule has 130 valence electrons. The molecule has 2 saturated heterocycles. The minimum absolute atomic E-state index is 0.162. The highest BCUT2D eigenvalue weighted by atomic mass is 32.2. The van der Waals surface area contributed by atoms with Crippen LogP contribution in [0, 0.1) is 6.92 Å². The monoisotopic (exact) mass is 347 g/mol. The molecule has 1 atom stereocenters. The summed E-state index contributed by atoms with van der Waals surface area (Å²) in [5.74, 6) is 0.799. The zero-order valence-electron chi connectivity index (χ0n) is 14.2. The number of hydrogen-bond acceptors (Lipinski definition) is 4. The van der Waals surface area contributed by atoms with E-state index in [4.69, 9.17) is 0 Å². The van der Waals surface area contributed by atoms with Crippen molar-refractivity contribution in [3.63, 3.8) is 0 Å². The van der Waals surface area contributed by atoms with Crippen molar-refractivity contribution in [3.8, 4) is 0 Å². The van der Waals surface area contributed by atoms with Crippen molar-refractivity contribution in [1.29, 1.82) is 0 Å². The van der Waals surface area contributed by atoms with Crippen LogP contribution in [-0.4, -0.2) is 66.1 Å². The van der Waals surface area contributed by atoms with E-state index in [1.54, 1.807) is 11.8 Å². The lowest BCUT2D eigenvalue weighted by atomic mass is 10.0. The first-order valence-electron chi connectivity index (χ1n) is 8.61. The molecule has 1 N–H and O–H groups in total. The van der Waals surface area contributed by atoms with Gasteiger partial charge in [0.2, 0.25) is 11.8 Å². The van der Waals surface area contributed by atoms with Crippen molar-refractivity contribution in [2.75, 3.05) is 38.5 Å². The molecular weight excluding hydrogens is 322 g/mol. The van der Waals surface area contributed by atoms with Gasteiger partial charge in [0.1, 0.15) is 0 Å². The second kappa shape index (κ2) is 8.03. The van der Waals surface area contributed by atoms with E-state index < -0.39 is 0 Å². The average molecular weight is 347 g/mol. The van der Waals surface area contributed by atoms with Crippen molar-refractivity contribution in [3.05, 3.63) is 29.8 Å². The number of benzene rings is 1. The molecule has 6 heteroatoms. The molecule has 0 bridgehead atoms. The third-order valence-electron chi connectivity index (χ3n) is 4.70. The summed E-state index contributed by atoms with van der Waals surface area (Å²) >= 11 is 1.59. The molecule has 1 unspecified atom stereocenters. The third-order valence-corrected chi connectivity index (χ3v) is 5.70. The van der Waals surface area contributed by atoms with Crippen molar-refractivity contribution >= 4 is 23.6 Å². The van der Waals surface area contributed by atoms with E-state index in [-0.39, 0.29) is 17.9 Å². The molecule has 5 nitrogen and oxygen atoms in total. The van der Waals surface area contributed by atoms with Crippen LogP contribution in [0.3, 0.4) is 0 Å². The predicted molar refractivity (Wildman–Crippen MR) is 96.1 cm³/mol. The fourth-order valence-electron chi connectivity index (χ4n) is 3.31. The Balaban J connectivity index is 1.52. The standard InChI is InChI=1S/C18H25N3O2S/c1-14-4-6-16(7-5-14)24-13-18(23)20-9-2-3-15(12-20)21-10-8-19-11-17(21)22/h4-7,15,19H,2-3,8-13H2,1H3. The van der Waals surface area contributed by atoms with Crippen LogP contribution in [0.1, 0.15) is 18.4 Å². The van der Waals surface area contributed by atoms with Crippen molar-refractivity contribution in [2.24, 2.45) is 0 Å². The van der Waals surface area contributed by atoms with E-state index in [1.807, 2.05) is 9.80 Å². The minimum atomic E-state index is 0.162. The van der Waals surface area contributed by atoms with Gasteiger partial charge in [-0.25, -0.2) is 0 Å². The SMILES string of the molecule is Cc1ccc(SCC(=O)N2CCCC(N3CCNCC3=O)C2)cc1. The molecule has 1 aromatic carbocycles. The Morgan fingerprint density at radius 1 is 1.29 bits per heavy atom. The molecule has 0 aromatic heterocycles. The quantitative estimate of drug-likeness (QED) is 0.839. The highest BCUT2D eigenvalue weighted by Gasteiger charge is 2.31. The molecular formula is C18H25N3O2S. The fourth-order valence-corrected chi connectivity index (χ4v) is 4.12. The average Bonchev–Trinajstić information content (AvgIpc) is 2.61. The summed E-state index contributed by atoms with van der Waals surface area (Å²) in [4.78, 5) is 29.6. The Hall–Kier alpha value is -1.53. The molecule has 0 radical (unpaired) electrons. The fraction of sp³-hybridized carbons (Fsp3) is 0.556. The Bertz CT molecular complexity index is 590. The van der Waals surface area contributed by atoms with Crippen LogP contribution in [0.25, 0.3) is 0 Å². The number of nitrogens with one attached hydrogen (secondary N) is 1. The number of carbonyl (C=O) groups is 2. The maximum absolute atomic E-state index is 12.5. The van der Waals surface area contributed by atoms with E-state index in [9.17, 15) is 9.59 Å².